The van der Waals surface area contributed by atoms with Crippen LogP contribution in [-0.2, 0) is 21.6 Å². The third kappa shape index (κ3) is 5.34. The number of hydrogen-bond acceptors (Lipinski definition) is 4. The van der Waals surface area contributed by atoms with Crippen molar-refractivity contribution in [1.29, 1.82) is 0 Å². The summed E-state index contributed by atoms with van der Waals surface area (Å²) in [5.74, 6) is -0.473. The van der Waals surface area contributed by atoms with Crippen LogP contribution in [0.25, 0.3) is 0 Å². The van der Waals surface area contributed by atoms with Gasteiger partial charge in [0.25, 0.3) is 5.91 Å². The number of rotatable bonds is 6. The molecule has 5 nitrogen and oxygen atoms in total. The van der Waals surface area contributed by atoms with Crippen LogP contribution >= 0.6 is 0 Å². The van der Waals surface area contributed by atoms with Crippen molar-refractivity contribution < 1.29 is 19.1 Å². The van der Waals surface area contributed by atoms with Crippen LogP contribution in [0, 0.1) is 0 Å². The van der Waals surface area contributed by atoms with E-state index in [1.807, 2.05) is 12.1 Å². The minimum absolute atomic E-state index is 0.106. The number of amides is 1. The van der Waals surface area contributed by atoms with Crippen LogP contribution in [0.2, 0.25) is 0 Å². The van der Waals surface area contributed by atoms with Crippen LogP contribution < -0.4 is 10.5 Å². The van der Waals surface area contributed by atoms with E-state index in [2.05, 4.69) is 32.9 Å². The van der Waals surface area contributed by atoms with Gasteiger partial charge in [0.2, 0.25) is 0 Å². The molecule has 0 aliphatic rings. The molecule has 2 aromatic rings. The van der Waals surface area contributed by atoms with Gasteiger partial charge in [0.05, 0.1) is 5.56 Å². The van der Waals surface area contributed by atoms with Crippen LogP contribution in [0.5, 0.6) is 5.75 Å². The van der Waals surface area contributed by atoms with E-state index in [0.717, 1.165) is 11.3 Å². The van der Waals surface area contributed by atoms with E-state index in [-0.39, 0.29) is 5.41 Å². The molecular formula is C21H25NO4. The van der Waals surface area contributed by atoms with Gasteiger partial charge in [-0.15, -0.1) is 0 Å². The van der Waals surface area contributed by atoms with Crippen molar-refractivity contribution in [2.24, 2.45) is 5.73 Å². The number of benzene rings is 2. The van der Waals surface area contributed by atoms with Crippen molar-refractivity contribution in [2.75, 3.05) is 0 Å². The molecule has 0 radical (unpaired) electrons. The third-order valence-corrected chi connectivity index (χ3v) is 4.00. The molecule has 2 aromatic carbocycles. The van der Waals surface area contributed by atoms with Crippen LogP contribution in [-0.4, -0.2) is 18.0 Å². The van der Waals surface area contributed by atoms with Crippen molar-refractivity contribution in [1.82, 2.24) is 0 Å². The summed E-state index contributed by atoms with van der Waals surface area (Å²) < 4.78 is 10.7. The highest BCUT2D eigenvalue weighted by atomic mass is 16.5. The zero-order valence-electron chi connectivity index (χ0n) is 15.6. The molecule has 0 fully saturated rings. The maximum Gasteiger partial charge on any atom is 0.338 e. The van der Waals surface area contributed by atoms with Gasteiger partial charge in [0, 0.05) is 0 Å². The fourth-order valence-corrected chi connectivity index (χ4v) is 2.24. The summed E-state index contributed by atoms with van der Waals surface area (Å²) in [7, 11) is 0. The molecule has 2 N–H and O–H groups in total. The molecule has 0 spiro atoms. The minimum atomic E-state index is -0.957. The molecule has 5 heteroatoms. The van der Waals surface area contributed by atoms with Crippen molar-refractivity contribution in [3.05, 3.63) is 65.2 Å². The molecule has 26 heavy (non-hydrogen) atoms. The van der Waals surface area contributed by atoms with Gasteiger partial charge in [0.15, 0.2) is 6.10 Å². The van der Waals surface area contributed by atoms with Gasteiger partial charge in [-0.05, 0) is 47.7 Å². The summed E-state index contributed by atoms with van der Waals surface area (Å²) in [5, 5.41) is 0. The average Bonchev–Trinajstić information content (AvgIpc) is 2.59. The molecule has 138 valence electrons. The monoisotopic (exact) mass is 355 g/mol. The summed E-state index contributed by atoms with van der Waals surface area (Å²) in [5.41, 5.74) is 7.71. The van der Waals surface area contributed by atoms with E-state index in [1.165, 1.54) is 12.5 Å². The van der Waals surface area contributed by atoms with Gasteiger partial charge >= 0.3 is 5.97 Å². The first-order valence-electron chi connectivity index (χ1n) is 8.49. The highest BCUT2D eigenvalue weighted by molar-refractivity contribution is 5.91. The Labute approximate surface area is 154 Å². The maximum atomic E-state index is 11.9. The lowest BCUT2D eigenvalue weighted by Crippen LogP contribution is -2.30. The lowest BCUT2D eigenvalue weighted by atomic mass is 9.87. The first-order valence-corrected chi connectivity index (χ1v) is 8.49. The van der Waals surface area contributed by atoms with Gasteiger partial charge in [-0.2, -0.15) is 0 Å². The molecule has 1 amide bonds. The molecule has 0 aliphatic heterocycles. The number of carbonyl (C=O) groups excluding carboxylic acids is 2. The molecule has 0 aliphatic carbocycles. The summed E-state index contributed by atoms with van der Waals surface area (Å²) in [4.78, 5) is 22.8. The Hall–Kier alpha value is -2.82. The normalized spacial score (nSPS) is 12.3. The van der Waals surface area contributed by atoms with Crippen molar-refractivity contribution in [3.63, 3.8) is 0 Å². The van der Waals surface area contributed by atoms with E-state index in [4.69, 9.17) is 15.2 Å². The molecule has 0 saturated heterocycles. The van der Waals surface area contributed by atoms with Crippen molar-refractivity contribution in [2.45, 2.75) is 45.8 Å². The Morgan fingerprint density at radius 3 is 2.08 bits per heavy atom. The average molecular weight is 355 g/mol. The molecule has 0 bridgehead atoms. The molecule has 0 unspecified atom stereocenters. The predicted octanol–water partition coefficient (Wildman–Crippen LogP) is 3.59. The smallest absolute Gasteiger partial charge is 0.338 e. The van der Waals surface area contributed by atoms with E-state index in [1.54, 1.807) is 24.3 Å². The Morgan fingerprint density at radius 1 is 1.00 bits per heavy atom. The lowest BCUT2D eigenvalue weighted by Gasteiger charge is -2.19. The number of ether oxygens (including phenoxy) is 2. The SMILES string of the molecule is C[C@H](OC(=O)c1ccc(COc2ccc(C(C)(C)C)cc2)cc1)C(N)=O. The maximum absolute atomic E-state index is 11.9. The van der Waals surface area contributed by atoms with E-state index in [0.29, 0.717) is 12.2 Å². The van der Waals surface area contributed by atoms with Gasteiger partial charge < -0.3 is 15.2 Å². The number of hydrogen-bond donors (Lipinski definition) is 1. The van der Waals surface area contributed by atoms with E-state index in [9.17, 15) is 9.59 Å². The molecule has 0 aromatic heterocycles. The van der Waals surface area contributed by atoms with Crippen LogP contribution in [0.4, 0.5) is 0 Å². The van der Waals surface area contributed by atoms with Gasteiger partial charge in [0.1, 0.15) is 12.4 Å². The number of primary amides is 1. The standard InChI is InChI=1S/C21H25NO4/c1-14(19(22)23)26-20(24)16-7-5-15(6-8-16)13-25-18-11-9-17(10-12-18)21(2,3)4/h5-12,14H,13H2,1-4H3,(H2,22,23)/t14-/m0/s1. The highest BCUT2D eigenvalue weighted by Crippen LogP contribution is 2.24. The summed E-state index contributed by atoms with van der Waals surface area (Å²) in [6, 6.07) is 14.9. The fraction of sp³-hybridized carbons (Fsp3) is 0.333. The topological polar surface area (TPSA) is 78.6 Å². The second-order valence-electron chi connectivity index (χ2n) is 7.21. The summed E-state index contributed by atoms with van der Waals surface area (Å²) in [6.07, 6.45) is -0.957. The van der Waals surface area contributed by atoms with Gasteiger partial charge in [-0.3, -0.25) is 4.79 Å². The zero-order chi connectivity index (χ0) is 19.3. The molecular weight excluding hydrogens is 330 g/mol. The number of carbonyl (C=O) groups is 2. The number of nitrogens with two attached hydrogens (primary N) is 1. The second-order valence-corrected chi connectivity index (χ2v) is 7.21. The van der Waals surface area contributed by atoms with E-state index >= 15 is 0 Å². The van der Waals surface area contributed by atoms with Crippen LogP contribution in [0.15, 0.2) is 48.5 Å². The minimum Gasteiger partial charge on any atom is -0.489 e. The Bertz CT molecular complexity index is 758. The van der Waals surface area contributed by atoms with Gasteiger partial charge in [-0.1, -0.05) is 45.0 Å². The van der Waals surface area contributed by atoms with Crippen LogP contribution in [0.3, 0.4) is 0 Å². The zero-order valence-corrected chi connectivity index (χ0v) is 15.6. The van der Waals surface area contributed by atoms with Crippen molar-refractivity contribution in [3.8, 4) is 5.75 Å². The quantitative estimate of drug-likeness (QED) is 0.803. The molecule has 1 atom stereocenters. The number of esters is 1. The first kappa shape index (κ1) is 19.5. The predicted molar refractivity (Wildman–Crippen MR) is 100.0 cm³/mol. The molecule has 0 saturated carbocycles. The van der Waals surface area contributed by atoms with Crippen molar-refractivity contribution >= 4 is 11.9 Å². The summed E-state index contributed by atoms with van der Waals surface area (Å²) >= 11 is 0. The largest absolute Gasteiger partial charge is 0.489 e. The Kier molecular flexibility index (Phi) is 6.03. The summed E-state index contributed by atoms with van der Waals surface area (Å²) in [6.45, 7) is 8.33. The highest BCUT2D eigenvalue weighted by Gasteiger charge is 2.16. The second kappa shape index (κ2) is 8.04. The van der Waals surface area contributed by atoms with Gasteiger partial charge in [-0.25, -0.2) is 4.79 Å². The third-order valence-electron chi connectivity index (χ3n) is 4.00. The molecule has 2 rings (SSSR count). The molecule has 0 heterocycles. The first-order chi connectivity index (χ1) is 12.2. The fourth-order valence-electron chi connectivity index (χ4n) is 2.24. The Balaban J connectivity index is 1.93. The van der Waals surface area contributed by atoms with Crippen LogP contribution in [0.1, 0.15) is 49.2 Å². The Morgan fingerprint density at radius 2 is 1.58 bits per heavy atom. The lowest BCUT2D eigenvalue weighted by molar-refractivity contribution is -0.125. The van der Waals surface area contributed by atoms with E-state index < -0.39 is 18.0 Å².